The van der Waals surface area contributed by atoms with Gasteiger partial charge in [0, 0.05) is 17.9 Å². The number of carbonyl (C=O) groups excluding carboxylic acids is 1. The molecule has 0 aliphatic rings. The van der Waals surface area contributed by atoms with E-state index in [1.807, 2.05) is 18.2 Å². The maximum absolute atomic E-state index is 10.8. The second kappa shape index (κ2) is 7.23. The van der Waals surface area contributed by atoms with Gasteiger partial charge in [-0.2, -0.15) is 0 Å². The zero-order valence-corrected chi connectivity index (χ0v) is 13.8. The first-order valence-corrected chi connectivity index (χ1v) is 7.63. The van der Waals surface area contributed by atoms with Gasteiger partial charge in [-0.1, -0.05) is 58.4 Å². The molecule has 0 aliphatic heterocycles. The molecule has 2 rings (SSSR count). The first-order valence-electron chi connectivity index (χ1n) is 6.84. The zero-order valence-electron chi connectivity index (χ0n) is 12.2. The van der Waals surface area contributed by atoms with Gasteiger partial charge in [-0.3, -0.25) is 4.79 Å². The minimum absolute atomic E-state index is 0.00960. The van der Waals surface area contributed by atoms with Crippen LogP contribution in [0.25, 0.3) is 16.7 Å². The summed E-state index contributed by atoms with van der Waals surface area (Å²) in [6.45, 7) is 4.14. The molecular weight excluding hydrogens is 326 g/mol. The standard InChI is InChI=1S/C18H18BrNO/c1-13(11-12-20-14(2)21)15-3-5-16(6-4-15)17-7-9-18(19)10-8-17/h3-11H,12H2,1-2H3,(H,20,21)/b13-11-. The largest absolute Gasteiger partial charge is 0.353 e. The van der Waals surface area contributed by atoms with Gasteiger partial charge in [0.05, 0.1) is 0 Å². The molecule has 21 heavy (non-hydrogen) atoms. The summed E-state index contributed by atoms with van der Waals surface area (Å²) in [5, 5.41) is 2.77. The molecule has 0 aromatic heterocycles. The van der Waals surface area contributed by atoms with Gasteiger partial charge in [0.2, 0.25) is 5.91 Å². The van der Waals surface area contributed by atoms with Crippen LogP contribution in [0.5, 0.6) is 0 Å². The lowest BCUT2D eigenvalue weighted by Gasteiger charge is -2.06. The van der Waals surface area contributed by atoms with E-state index in [1.54, 1.807) is 0 Å². The molecule has 0 saturated heterocycles. The van der Waals surface area contributed by atoms with E-state index in [-0.39, 0.29) is 5.91 Å². The van der Waals surface area contributed by atoms with Crippen LogP contribution in [0.3, 0.4) is 0 Å². The fourth-order valence-corrected chi connectivity index (χ4v) is 2.30. The molecule has 0 bridgehead atoms. The third kappa shape index (κ3) is 4.57. The van der Waals surface area contributed by atoms with E-state index in [0.717, 1.165) is 10.0 Å². The molecule has 0 aliphatic carbocycles. The Balaban J connectivity index is 2.11. The summed E-state index contributed by atoms with van der Waals surface area (Å²) < 4.78 is 1.08. The highest BCUT2D eigenvalue weighted by molar-refractivity contribution is 9.10. The predicted molar refractivity (Wildman–Crippen MR) is 91.9 cm³/mol. The molecule has 0 radical (unpaired) electrons. The summed E-state index contributed by atoms with van der Waals surface area (Å²) in [7, 11) is 0. The third-order valence-electron chi connectivity index (χ3n) is 3.28. The number of allylic oxidation sites excluding steroid dienone is 1. The Labute approximate surface area is 134 Å². The molecule has 2 aromatic rings. The van der Waals surface area contributed by atoms with Gasteiger partial charge >= 0.3 is 0 Å². The SMILES string of the molecule is CC(=O)NC/C=C(/C)c1ccc(-c2ccc(Br)cc2)cc1. The lowest BCUT2D eigenvalue weighted by Crippen LogP contribution is -2.19. The van der Waals surface area contributed by atoms with Crippen LogP contribution in [0.15, 0.2) is 59.1 Å². The van der Waals surface area contributed by atoms with Crippen molar-refractivity contribution in [3.8, 4) is 11.1 Å². The highest BCUT2D eigenvalue weighted by Crippen LogP contribution is 2.23. The minimum atomic E-state index is -0.00960. The number of nitrogens with one attached hydrogen (secondary N) is 1. The van der Waals surface area contributed by atoms with Crippen molar-refractivity contribution in [3.05, 3.63) is 64.6 Å². The second-order valence-electron chi connectivity index (χ2n) is 4.91. The summed E-state index contributed by atoms with van der Waals surface area (Å²) in [4.78, 5) is 10.8. The van der Waals surface area contributed by atoms with E-state index in [9.17, 15) is 4.79 Å². The van der Waals surface area contributed by atoms with E-state index in [4.69, 9.17) is 0 Å². The molecule has 0 heterocycles. The Hall–Kier alpha value is -1.87. The molecule has 108 valence electrons. The minimum Gasteiger partial charge on any atom is -0.353 e. The Morgan fingerprint density at radius 1 is 1.00 bits per heavy atom. The first kappa shape index (κ1) is 15.5. The van der Waals surface area contributed by atoms with Gasteiger partial charge in [-0.05, 0) is 41.3 Å². The maximum atomic E-state index is 10.8. The van der Waals surface area contributed by atoms with Crippen LogP contribution in [0.2, 0.25) is 0 Å². The number of rotatable bonds is 4. The lowest BCUT2D eigenvalue weighted by molar-refractivity contribution is -0.118. The Morgan fingerprint density at radius 3 is 2.05 bits per heavy atom. The molecule has 2 aromatic carbocycles. The molecule has 1 N–H and O–H groups in total. The van der Waals surface area contributed by atoms with Gasteiger partial charge in [-0.25, -0.2) is 0 Å². The number of carbonyl (C=O) groups is 1. The molecule has 3 heteroatoms. The summed E-state index contributed by atoms with van der Waals surface area (Å²) in [5.41, 5.74) is 4.72. The first-order chi connectivity index (χ1) is 10.1. The van der Waals surface area contributed by atoms with Crippen molar-refractivity contribution in [3.63, 3.8) is 0 Å². The van der Waals surface area contributed by atoms with Gasteiger partial charge < -0.3 is 5.32 Å². The van der Waals surface area contributed by atoms with E-state index < -0.39 is 0 Å². The van der Waals surface area contributed by atoms with Crippen molar-refractivity contribution in [2.75, 3.05) is 6.54 Å². The number of amides is 1. The van der Waals surface area contributed by atoms with Crippen LogP contribution in [0.1, 0.15) is 19.4 Å². The summed E-state index contributed by atoms with van der Waals surface area (Å²) >= 11 is 3.45. The predicted octanol–water partition coefficient (Wildman–Crippen LogP) is 4.66. The Bertz CT molecular complexity index is 642. The fourth-order valence-electron chi connectivity index (χ4n) is 2.03. The maximum Gasteiger partial charge on any atom is 0.217 e. The van der Waals surface area contributed by atoms with Crippen LogP contribution < -0.4 is 5.32 Å². The second-order valence-corrected chi connectivity index (χ2v) is 5.82. The molecule has 0 spiro atoms. The summed E-state index contributed by atoms with van der Waals surface area (Å²) in [6.07, 6.45) is 2.02. The fraction of sp³-hybridized carbons (Fsp3) is 0.167. The summed E-state index contributed by atoms with van der Waals surface area (Å²) in [6, 6.07) is 16.7. The van der Waals surface area contributed by atoms with Crippen LogP contribution in [0, 0.1) is 0 Å². The molecule has 0 saturated carbocycles. The molecule has 2 nitrogen and oxygen atoms in total. The van der Waals surface area contributed by atoms with E-state index >= 15 is 0 Å². The smallest absolute Gasteiger partial charge is 0.217 e. The highest BCUT2D eigenvalue weighted by Gasteiger charge is 2.00. The van der Waals surface area contributed by atoms with Gasteiger partial charge in [0.15, 0.2) is 0 Å². The molecular formula is C18H18BrNO. The van der Waals surface area contributed by atoms with Gasteiger partial charge in [-0.15, -0.1) is 0 Å². The van der Waals surface area contributed by atoms with Crippen molar-refractivity contribution < 1.29 is 4.79 Å². The number of halogens is 1. The zero-order chi connectivity index (χ0) is 15.2. The Morgan fingerprint density at radius 2 is 1.52 bits per heavy atom. The highest BCUT2D eigenvalue weighted by atomic mass is 79.9. The van der Waals surface area contributed by atoms with E-state index in [1.165, 1.54) is 23.6 Å². The third-order valence-corrected chi connectivity index (χ3v) is 3.81. The van der Waals surface area contributed by atoms with Gasteiger partial charge in [0.1, 0.15) is 0 Å². The number of benzene rings is 2. The van der Waals surface area contributed by atoms with Crippen molar-refractivity contribution in [1.29, 1.82) is 0 Å². The monoisotopic (exact) mass is 343 g/mol. The molecule has 1 amide bonds. The van der Waals surface area contributed by atoms with Crippen LogP contribution in [0.4, 0.5) is 0 Å². The van der Waals surface area contributed by atoms with Crippen LogP contribution in [-0.4, -0.2) is 12.5 Å². The average Bonchev–Trinajstić information content (AvgIpc) is 2.48. The average molecular weight is 344 g/mol. The van der Waals surface area contributed by atoms with Crippen LogP contribution >= 0.6 is 15.9 Å². The quantitative estimate of drug-likeness (QED) is 0.859. The summed E-state index contributed by atoms with van der Waals surface area (Å²) in [5.74, 6) is -0.00960. The Kier molecular flexibility index (Phi) is 5.34. The van der Waals surface area contributed by atoms with Gasteiger partial charge in [0.25, 0.3) is 0 Å². The number of hydrogen-bond donors (Lipinski definition) is 1. The van der Waals surface area contributed by atoms with Crippen molar-refractivity contribution >= 4 is 27.4 Å². The lowest BCUT2D eigenvalue weighted by atomic mass is 10.0. The van der Waals surface area contributed by atoms with E-state index in [2.05, 4.69) is 64.6 Å². The van der Waals surface area contributed by atoms with Crippen molar-refractivity contribution in [1.82, 2.24) is 5.32 Å². The molecule has 0 unspecified atom stereocenters. The van der Waals surface area contributed by atoms with E-state index in [0.29, 0.717) is 6.54 Å². The number of hydrogen-bond acceptors (Lipinski definition) is 1. The van der Waals surface area contributed by atoms with Crippen molar-refractivity contribution in [2.45, 2.75) is 13.8 Å². The van der Waals surface area contributed by atoms with Crippen LogP contribution in [-0.2, 0) is 4.79 Å². The van der Waals surface area contributed by atoms with Crippen molar-refractivity contribution in [2.24, 2.45) is 0 Å². The molecule has 0 fully saturated rings. The topological polar surface area (TPSA) is 29.1 Å². The normalized spacial score (nSPS) is 11.3. The molecule has 0 atom stereocenters.